The van der Waals surface area contributed by atoms with E-state index < -0.39 is 0 Å². The number of fused-ring (bicyclic) bond motifs is 1. The van der Waals surface area contributed by atoms with Crippen LogP contribution in [0.4, 0.5) is 0 Å². The van der Waals surface area contributed by atoms with Crippen molar-refractivity contribution in [2.24, 2.45) is 0 Å². The summed E-state index contributed by atoms with van der Waals surface area (Å²) >= 11 is 0. The van der Waals surface area contributed by atoms with E-state index in [0.717, 1.165) is 48.2 Å². The van der Waals surface area contributed by atoms with E-state index in [4.69, 9.17) is 9.47 Å². The summed E-state index contributed by atoms with van der Waals surface area (Å²) in [6.45, 7) is 3.23. The highest BCUT2D eigenvalue weighted by Crippen LogP contribution is 2.23. The summed E-state index contributed by atoms with van der Waals surface area (Å²) in [6, 6.07) is 7.40. The van der Waals surface area contributed by atoms with Crippen LogP contribution in [0.5, 0.6) is 5.75 Å². The molecule has 1 fully saturated rings. The molecule has 5 nitrogen and oxygen atoms in total. The molecule has 1 unspecified atom stereocenters. The van der Waals surface area contributed by atoms with E-state index >= 15 is 0 Å². The number of hydrogen-bond acceptors (Lipinski definition) is 4. The SMILES string of the molecule is COc1ccc2c(C(=O)NCC3CCCCO3)cc(C)nc2c1. The van der Waals surface area contributed by atoms with Crippen LogP contribution in [0.1, 0.15) is 35.3 Å². The molecule has 0 bridgehead atoms. The monoisotopic (exact) mass is 314 g/mol. The molecule has 0 aliphatic carbocycles. The average Bonchev–Trinajstić information content (AvgIpc) is 2.59. The van der Waals surface area contributed by atoms with Gasteiger partial charge < -0.3 is 14.8 Å². The molecule has 1 atom stereocenters. The van der Waals surface area contributed by atoms with Crippen molar-refractivity contribution in [1.29, 1.82) is 0 Å². The Hall–Kier alpha value is -2.14. The van der Waals surface area contributed by atoms with Crippen molar-refractivity contribution in [2.75, 3.05) is 20.3 Å². The van der Waals surface area contributed by atoms with Crippen LogP contribution in [0.25, 0.3) is 10.9 Å². The molecule has 23 heavy (non-hydrogen) atoms. The zero-order chi connectivity index (χ0) is 16.2. The topological polar surface area (TPSA) is 60.5 Å². The number of ether oxygens (including phenoxy) is 2. The van der Waals surface area contributed by atoms with E-state index in [1.165, 1.54) is 0 Å². The zero-order valence-corrected chi connectivity index (χ0v) is 13.6. The number of pyridine rings is 1. The Balaban J connectivity index is 1.81. The molecule has 0 radical (unpaired) electrons. The van der Waals surface area contributed by atoms with Gasteiger partial charge in [-0.1, -0.05) is 0 Å². The number of hydrogen-bond donors (Lipinski definition) is 1. The van der Waals surface area contributed by atoms with Crippen LogP contribution in [0.3, 0.4) is 0 Å². The van der Waals surface area contributed by atoms with Crippen molar-refractivity contribution >= 4 is 16.8 Å². The molecule has 1 aliphatic rings. The number of nitrogens with one attached hydrogen (secondary N) is 1. The summed E-state index contributed by atoms with van der Waals surface area (Å²) < 4.78 is 10.9. The Kier molecular flexibility index (Phi) is 4.76. The Morgan fingerprint density at radius 1 is 1.39 bits per heavy atom. The highest BCUT2D eigenvalue weighted by Gasteiger charge is 2.17. The van der Waals surface area contributed by atoms with Crippen molar-refractivity contribution in [3.8, 4) is 5.75 Å². The molecule has 122 valence electrons. The molecular formula is C18H22N2O3. The molecule has 0 saturated carbocycles. The molecular weight excluding hydrogens is 292 g/mol. The first-order valence-electron chi connectivity index (χ1n) is 8.02. The molecule has 2 aromatic rings. The van der Waals surface area contributed by atoms with Crippen molar-refractivity contribution in [3.05, 3.63) is 35.5 Å². The molecule has 1 aromatic carbocycles. The van der Waals surface area contributed by atoms with Gasteiger partial charge in [0.25, 0.3) is 5.91 Å². The van der Waals surface area contributed by atoms with E-state index in [9.17, 15) is 4.79 Å². The van der Waals surface area contributed by atoms with Gasteiger partial charge in [0.05, 0.1) is 24.3 Å². The summed E-state index contributed by atoms with van der Waals surface area (Å²) in [5.74, 6) is 0.650. The summed E-state index contributed by atoms with van der Waals surface area (Å²) in [4.78, 5) is 17.1. The van der Waals surface area contributed by atoms with E-state index in [-0.39, 0.29) is 12.0 Å². The van der Waals surface area contributed by atoms with Crippen molar-refractivity contribution in [3.63, 3.8) is 0 Å². The van der Waals surface area contributed by atoms with Gasteiger partial charge in [-0.3, -0.25) is 9.78 Å². The second kappa shape index (κ2) is 6.96. The second-order valence-corrected chi connectivity index (χ2v) is 5.89. The lowest BCUT2D eigenvalue weighted by Crippen LogP contribution is -2.35. The first kappa shape index (κ1) is 15.7. The van der Waals surface area contributed by atoms with Crippen LogP contribution in [-0.2, 0) is 4.74 Å². The zero-order valence-electron chi connectivity index (χ0n) is 13.6. The maximum atomic E-state index is 12.6. The largest absolute Gasteiger partial charge is 0.497 e. The number of aryl methyl sites for hydroxylation is 1. The molecule has 5 heteroatoms. The van der Waals surface area contributed by atoms with Crippen molar-refractivity contribution < 1.29 is 14.3 Å². The highest BCUT2D eigenvalue weighted by molar-refractivity contribution is 6.06. The quantitative estimate of drug-likeness (QED) is 0.942. The van der Waals surface area contributed by atoms with Crippen LogP contribution in [-0.4, -0.2) is 37.3 Å². The molecule has 1 N–H and O–H groups in total. The van der Waals surface area contributed by atoms with Crippen LogP contribution in [0.15, 0.2) is 24.3 Å². The Bertz CT molecular complexity index is 709. The van der Waals surface area contributed by atoms with Gasteiger partial charge in [0, 0.05) is 30.3 Å². The lowest BCUT2D eigenvalue weighted by Gasteiger charge is -2.22. The number of carbonyl (C=O) groups excluding carboxylic acids is 1. The maximum absolute atomic E-state index is 12.6. The summed E-state index contributed by atoms with van der Waals surface area (Å²) in [7, 11) is 1.62. The van der Waals surface area contributed by atoms with E-state index in [1.54, 1.807) is 7.11 Å². The Morgan fingerprint density at radius 3 is 3.00 bits per heavy atom. The number of aromatic nitrogens is 1. The summed E-state index contributed by atoms with van der Waals surface area (Å²) in [6.07, 6.45) is 3.41. The van der Waals surface area contributed by atoms with Gasteiger partial charge >= 0.3 is 0 Å². The number of amides is 1. The van der Waals surface area contributed by atoms with E-state index in [0.29, 0.717) is 12.1 Å². The average molecular weight is 314 g/mol. The summed E-state index contributed by atoms with van der Waals surface area (Å²) in [5.41, 5.74) is 2.22. The maximum Gasteiger partial charge on any atom is 0.252 e. The third-order valence-corrected chi connectivity index (χ3v) is 4.15. The third-order valence-electron chi connectivity index (χ3n) is 4.15. The van der Waals surface area contributed by atoms with Gasteiger partial charge in [0.1, 0.15) is 5.75 Å². The highest BCUT2D eigenvalue weighted by atomic mass is 16.5. The first-order chi connectivity index (χ1) is 11.2. The lowest BCUT2D eigenvalue weighted by atomic mass is 10.1. The van der Waals surface area contributed by atoms with Crippen molar-refractivity contribution in [2.45, 2.75) is 32.3 Å². The van der Waals surface area contributed by atoms with Crippen LogP contribution >= 0.6 is 0 Å². The van der Waals surface area contributed by atoms with Crippen molar-refractivity contribution in [1.82, 2.24) is 10.3 Å². The van der Waals surface area contributed by atoms with Gasteiger partial charge in [-0.05, 0) is 44.4 Å². The third kappa shape index (κ3) is 3.62. The number of benzene rings is 1. The fourth-order valence-corrected chi connectivity index (χ4v) is 2.93. The Morgan fingerprint density at radius 2 is 2.26 bits per heavy atom. The fourth-order valence-electron chi connectivity index (χ4n) is 2.93. The van der Waals surface area contributed by atoms with Gasteiger partial charge in [0.2, 0.25) is 0 Å². The number of carbonyl (C=O) groups is 1. The minimum absolute atomic E-state index is 0.0835. The van der Waals surface area contributed by atoms with Crippen LogP contribution in [0.2, 0.25) is 0 Å². The molecule has 2 heterocycles. The molecule has 1 aliphatic heterocycles. The van der Waals surface area contributed by atoms with Crippen LogP contribution in [0, 0.1) is 6.92 Å². The molecule has 1 saturated heterocycles. The molecule has 0 spiro atoms. The van der Waals surface area contributed by atoms with Gasteiger partial charge in [-0.2, -0.15) is 0 Å². The normalized spacial score (nSPS) is 17.9. The fraction of sp³-hybridized carbons (Fsp3) is 0.444. The van der Waals surface area contributed by atoms with Gasteiger partial charge in [-0.25, -0.2) is 0 Å². The standard InChI is InChI=1S/C18H22N2O3/c1-12-9-16(15-7-6-13(22-2)10-17(15)20-12)18(21)19-11-14-5-3-4-8-23-14/h6-7,9-10,14H,3-5,8,11H2,1-2H3,(H,19,21). The van der Waals surface area contributed by atoms with Gasteiger partial charge in [-0.15, -0.1) is 0 Å². The van der Waals surface area contributed by atoms with Crippen LogP contribution < -0.4 is 10.1 Å². The molecule has 1 aromatic heterocycles. The lowest BCUT2D eigenvalue weighted by molar-refractivity contribution is 0.0169. The molecule has 3 rings (SSSR count). The first-order valence-corrected chi connectivity index (χ1v) is 8.02. The molecule has 1 amide bonds. The predicted molar refractivity (Wildman–Crippen MR) is 89.0 cm³/mol. The summed E-state index contributed by atoms with van der Waals surface area (Å²) in [5, 5.41) is 3.83. The van der Waals surface area contributed by atoms with E-state index in [2.05, 4.69) is 10.3 Å². The number of rotatable bonds is 4. The van der Waals surface area contributed by atoms with Gasteiger partial charge in [0.15, 0.2) is 0 Å². The smallest absolute Gasteiger partial charge is 0.252 e. The number of nitrogens with zero attached hydrogens (tertiary/aromatic N) is 1. The minimum atomic E-state index is -0.0835. The minimum Gasteiger partial charge on any atom is -0.497 e. The van der Waals surface area contributed by atoms with E-state index in [1.807, 2.05) is 31.2 Å². The predicted octanol–water partition coefficient (Wildman–Crippen LogP) is 2.85. The second-order valence-electron chi connectivity index (χ2n) is 5.89. The number of methoxy groups -OCH3 is 1. The Labute approximate surface area is 136 Å².